The van der Waals surface area contributed by atoms with Gasteiger partial charge in [0.15, 0.2) is 11.6 Å². The molecule has 0 aliphatic rings. The summed E-state index contributed by atoms with van der Waals surface area (Å²) in [7, 11) is 1.38. The zero-order chi connectivity index (χ0) is 21.3. The van der Waals surface area contributed by atoms with Crippen LogP contribution in [0.5, 0.6) is 5.75 Å². The fraction of sp³-hybridized carbons (Fsp3) is 0.400. The van der Waals surface area contributed by atoms with Crippen molar-refractivity contribution in [1.82, 2.24) is 0 Å². The fourth-order valence-corrected chi connectivity index (χ4v) is 3.71. The smallest absolute Gasteiger partial charge is 0.406 e. The van der Waals surface area contributed by atoms with Crippen LogP contribution in [0.4, 0.5) is 17.6 Å². The first-order valence-corrected chi connectivity index (χ1v) is 9.23. The van der Waals surface area contributed by atoms with Gasteiger partial charge in [-0.25, -0.2) is 4.39 Å². The minimum Gasteiger partial charge on any atom is -0.496 e. The molecule has 0 saturated heterocycles. The molecule has 8 heteroatoms. The standard InChI is InChI=1S/C20H22Cl2F4NO/c1-18(2,14-9-13(23)5-7-17(14)28-3)11-19(27,20(24,25)26)10-12-4-6-15(21)16(22)8-12/h4-9,22H,10-11,27H2,1-3H3/q+1. The van der Waals surface area contributed by atoms with E-state index in [4.69, 9.17) is 33.7 Å². The summed E-state index contributed by atoms with van der Waals surface area (Å²) in [6.45, 7) is 3.16. The van der Waals surface area contributed by atoms with Crippen LogP contribution in [-0.4, -0.2) is 18.8 Å². The van der Waals surface area contributed by atoms with Crippen LogP contribution in [-0.2, 0) is 11.8 Å². The maximum Gasteiger partial charge on any atom is 0.406 e. The largest absolute Gasteiger partial charge is 0.496 e. The quantitative estimate of drug-likeness (QED) is 0.616. The molecule has 0 amide bonds. The molecule has 0 aliphatic carbocycles. The third-order valence-electron chi connectivity index (χ3n) is 4.73. The molecule has 0 bridgehead atoms. The topological polar surface area (TPSA) is 35.2 Å². The second kappa shape index (κ2) is 8.09. The van der Waals surface area contributed by atoms with Crippen LogP contribution in [0.2, 0.25) is 10.0 Å². The second-order valence-corrected chi connectivity index (χ2v) is 8.35. The van der Waals surface area contributed by atoms with Crippen LogP contribution in [0.25, 0.3) is 0 Å². The van der Waals surface area contributed by atoms with Crippen LogP contribution in [0, 0.1) is 17.4 Å². The molecule has 2 nitrogen and oxygen atoms in total. The molecule has 154 valence electrons. The van der Waals surface area contributed by atoms with E-state index in [1.165, 1.54) is 43.5 Å². The zero-order valence-electron chi connectivity index (χ0n) is 15.7. The highest BCUT2D eigenvalue weighted by Crippen LogP contribution is 2.44. The van der Waals surface area contributed by atoms with Gasteiger partial charge in [-0.2, -0.15) is 13.2 Å². The van der Waals surface area contributed by atoms with Gasteiger partial charge in [-0.3, -0.25) is 0 Å². The van der Waals surface area contributed by atoms with E-state index in [0.717, 1.165) is 0 Å². The second-order valence-electron chi connectivity index (χ2n) is 7.50. The maximum absolute atomic E-state index is 14.0. The minimum atomic E-state index is -4.70. The monoisotopic (exact) mass is 438 g/mol. The lowest BCUT2D eigenvalue weighted by atomic mass is 9.71. The molecule has 0 heterocycles. The third kappa shape index (κ3) is 4.91. The summed E-state index contributed by atoms with van der Waals surface area (Å²) < 4.78 is 61.0. The summed E-state index contributed by atoms with van der Waals surface area (Å²) >= 11 is 10.9. The Labute approximate surface area is 171 Å². The Hall–Kier alpha value is -1.50. The number of benzene rings is 2. The molecule has 0 aliphatic heterocycles. The lowest BCUT2D eigenvalue weighted by molar-refractivity contribution is -0.288. The zero-order valence-corrected chi connectivity index (χ0v) is 17.2. The molecule has 2 rings (SSSR count). The van der Waals surface area contributed by atoms with Gasteiger partial charge in [-0.15, -0.1) is 0 Å². The van der Waals surface area contributed by atoms with Crippen LogP contribution in [0.15, 0.2) is 36.4 Å². The minimum absolute atomic E-state index is 0.259. The summed E-state index contributed by atoms with van der Waals surface area (Å²) in [5.41, 5.74) is 2.88. The van der Waals surface area contributed by atoms with E-state index < -0.39 is 35.8 Å². The Bertz CT molecular complexity index is 855. The van der Waals surface area contributed by atoms with E-state index in [-0.39, 0.29) is 5.02 Å². The number of hydrogen-bond acceptors (Lipinski definition) is 2. The van der Waals surface area contributed by atoms with Crippen molar-refractivity contribution in [1.29, 1.82) is 0 Å². The van der Waals surface area contributed by atoms with Crippen LogP contribution >= 0.6 is 11.6 Å². The molecule has 0 saturated carbocycles. The van der Waals surface area contributed by atoms with E-state index in [1.54, 1.807) is 13.8 Å². The Kier molecular flexibility index (Phi) is 6.58. The first-order valence-electron chi connectivity index (χ1n) is 8.44. The summed E-state index contributed by atoms with van der Waals surface area (Å²) in [6, 6.07) is 8.11. The van der Waals surface area contributed by atoms with Crippen LogP contribution in [0.3, 0.4) is 0 Å². The van der Waals surface area contributed by atoms with Crippen molar-refractivity contribution in [3.8, 4) is 5.75 Å². The first-order chi connectivity index (χ1) is 12.8. The SMILES string of the molecule is COc1ccc(F)cc1C(C)(C)CC(N)(Cc1ccc(Cl)c([ClH+])c1)C(F)(F)F. The molecule has 0 fully saturated rings. The first kappa shape index (κ1) is 22.8. The van der Waals surface area contributed by atoms with Gasteiger partial charge in [0.05, 0.1) is 7.11 Å². The van der Waals surface area contributed by atoms with Gasteiger partial charge in [0.1, 0.15) is 22.1 Å². The summed E-state index contributed by atoms with van der Waals surface area (Å²) in [6.07, 6.45) is -5.68. The number of halogens is 6. The summed E-state index contributed by atoms with van der Waals surface area (Å²) in [5.74, 6) is -0.262. The van der Waals surface area contributed by atoms with Gasteiger partial charge < -0.3 is 10.5 Å². The summed E-state index contributed by atoms with van der Waals surface area (Å²) in [5, 5.41) is 0.549. The van der Waals surface area contributed by atoms with Gasteiger partial charge in [0, 0.05) is 11.6 Å². The van der Waals surface area contributed by atoms with E-state index in [1.807, 2.05) is 0 Å². The van der Waals surface area contributed by atoms with E-state index in [9.17, 15) is 17.6 Å². The van der Waals surface area contributed by atoms with Gasteiger partial charge in [0.25, 0.3) is 0 Å². The third-order valence-corrected chi connectivity index (χ3v) is 5.51. The lowest BCUT2D eigenvalue weighted by Crippen LogP contribution is -2.58. The van der Waals surface area contributed by atoms with Crippen LogP contribution in [0.1, 0.15) is 31.4 Å². The Morgan fingerprint density at radius 3 is 2.29 bits per heavy atom. The van der Waals surface area contributed by atoms with Crippen molar-refractivity contribution in [2.45, 2.75) is 43.8 Å². The van der Waals surface area contributed by atoms with Crippen molar-refractivity contribution in [3.05, 3.63) is 63.4 Å². The highest BCUT2D eigenvalue weighted by Gasteiger charge is 2.54. The van der Waals surface area contributed by atoms with Crippen LogP contribution < -0.4 is 10.5 Å². The molecule has 0 aromatic heterocycles. The molecule has 2 aromatic rings. The molecule has 28 heavy (non-hydrogen) atoms. The van der Waals surface area contributed by atoms with Gasteiger partial charge in [0.2, 0.25) is 5.02 Å². The van der Waals surface area contributed by atoms with Crippen molar-refractivity contribution in [3.63, 3.8) is 0 Å². The highest BCUT2D eigenvalue weighted by atomic mass is 35.5. The molecule has 1 unspecified atom stereocenters. The molecular formula is C20H22Cl2F4NO+. The summed E-state index contributed by atoms with van der Waals surface area (Å²) in [4.78, 5) is 0. The van der Waals surface area contributed by atoms with Crippen molar-refractivity contribution < 1.29 is 33.9 Å². The van der Waals surface area contributed by atoms with E-state index in [2.05, 4.69) is 0 Å². The van der Waals surface area contributed by atoms with E-state index >= 15 is 0 Å². The van der Waals surface area contributed by atoms with Crippen molar-refractivity contribution in [2.24, 2.45) is 5.73 Å². The normalized spacial score (nSPS) is 14.6. The Balaban J connectivity index is 2.45. The number of methoxy groups -OCH3 is 1. The maximum atomic E-state index is 14.0. The average molecular weight is 439 g/mol. The highest BCUT2D eigenvalue weighted by molar-refractivity contribution is 6.31. The number of nitrogens with two attached hydrogens (primary N) is 1. The average Bonchev–Trinajstić information content (AvgIpc) is 2.56. The molecule has 2 N–H and O–H groups in total. The van der Waals surface area contributed by atoms with Crippen molar-refractivity contribution >= 4 is 11.6 Å². The van der Waals surface area contributed by atoms with Crippen molar-refractivity contribution in [2.75, 3.05) is 7.11 Å². The Morgan fingerprint density at radius 2 is 1.75 bits per heavy atom. The number of rotatable bonds is 6. The number of ether oxygens (including phenoxy) is 1. The molecular weight excluding hydrogens is 417 g/mol. The molecule has 0 radical (unpaired) electrons. The number of alkyl halides is 3. The predicted octanol–water partition coefficient (Wildman–Crippen LogP) is 5.35. The Morgan fingerprint density at radius 1 is 1.11 bits per heavy atom. The van der Waals surface area contributed by atoms with Gasteiger partial charge >= 0.3 is 6.18 Å². The molecule has 0 spiro atoms. The molecule has 2 aromatic carbocycles. The number of hydrogen-bond donors (Lipinski definition) is 1. The predicted molar refractivity (Wildman–Crippen MR) is 99.3 cm³/mol. The van der Waals surface area contributed by atoms with E-state index in [0.29, 0.717) is 21.9 Å². The fourth-order valence-electron chi connectivity index (χ4n) is 3.38. The van der Waals surface area contributed by atoms with Gasteiger partial charge in [-0.1, -0.05) is 31.5 Å². The van der Waals surface area contributed by atoms with Gasteiger partial charge in [-0.05, 0) is 48.1 Å². The molecule has 1 atom stereocenters. The lowest BCUT2D eigenvalue weighted by Gasteiger charge is -2.39.